The summed E-state index contributed by atoms with van der Waals surface area (Å²) in [6, 6.07) is 20.3. The van der Waals surface area contributed by atoms with Crippen LogP contribution in [0.5, 0.6) is 0 Å². The second-order valence-electron chi connectivity index (χ2n) is 32.7. The summed E-state index contributed by atoms with van der Waals surface area (Å²) in [6.45, 7) is 20.5. The van der Waals surface area contributed by atoms with Crippen molar-refractivity contribution < 1.29 is 43.2 Å². The van der Waals surface area contributed by atoms with E-state index in [0.29, 0.717) is 28.7 Å². The highest BCUT2D eigenvalue weighted by atomic mass is 32.2. The van der Waals surface area contributed by atoms with Crippen LogP contribution < -0.4 is 0 Å². The monoisotopic (exact) mass is 1590 g/mol. The van der Waals surface area contributed by atoms with Crippen molar-refractivity contribution in [3.05, 3.63) is 233 Å². The van der Waals surface area contributed by atoms with Crippen molar-refractivity contribution >= 4 is 19.7 Å². The van der Waals surface area contributed by atoms with Crippen LogP contribution in [-0.2, 0) is 55.6 Å². The number of aromatic nitrogens is 18. The second-order valence-corrected chi connectivity index (χ2v) is 37.4. The van der Waals surface area contributed by atoms with Gasteiger partial charge in [-0.05, 0) is 162 Å². The highest BCUT2D eigenvalue weighted by molar-refractivity contribution is 7.91. The topological polar surface area (TPSA) is 276 Å². The molecule has 12 aromatic rings. The molecule has 9 aromatic heterocycles. The van der Waals surface area contributed by atoms with Crippen LogP contribution in [0, 0.1) is 57.1 Å². The maximum absolute atomic E-state index is 14.5. The molecule has 3 fully saturated rings. The second kappa shape index (κ2) is 28.7. The van der Waals surface area contributed by atoms with E-state index in [0.717, 1.165) is 114 Å². The zero-order valence-corrected chi connectivity index (χ0v) is 66.3. The summed E-state index contributed by atoms with van der Waals surface area (Å²) in [5, 5.41) is 40.2. The van der Waals surface area contributed by atoms with Gasteiger partial charge in [-0.1, -0.05) is 86.9 Å². The molecule has 9 heterocycles. The van der Waals surface area contributed by atoms with Gasteiger partial charge in [0.15, 0.2) is 9.84 Å². The van der Waals surface area contributed by atoms with Crippen LogP contribution in [0.1, 0.15) is 176 Å². The van der Waals surface area contributed by atoms with E-state index in [-0.39, 0.29) is 98.1 Å². The molecular weight excluding hydrogens is 1500 g/mol. The van der Waals surface area contributed by atoms with Crippen molar-refractivity contribution in [1.82, 2.24) is 89.8 Å². The fourth-order valence-corrected chi connectivity index (χ4v) is 20.6. The minimum atomic E-state index is -3.11. The minimum Gasteiger partial charge on any atom is -0.272 e. The molecule has 3 saturated carbocycles. The molecule has 6 aliphatic rings. The Morgan fingerprint density at radius 2 is 0.807 bits per heavy atom. The van der Waals surface area contributed by atoms with Gasteiger partial charge in [0, 0.05) is 61.3 Å². The number of aryl methyl sites for hydroxylation is 2. The fraction of sp³-hybridized carbons (Fsp3) is 0.393. The maximum atomic E-state index is 14.5. The van der Waals surface area contributed by atoms with E-state index >= 15 is 0 Å². The van der Waals surface area contributed by atoms with Crippen molar-refractivity contribution in [2.45, 2.75) is 161 Å². The van der Waals surface area contributed by atoms with Gasteiger partial charge in [0.05, 0.1) is 139 Å². The van der Waals surface area contributed by atoms with Crippen molar-refractivity contribution in [1.29, 1.82) is 0 Å². The van der Waals surface area contributed by atoms with Gasteiger partial charge in [-0.25, -0.2) is 58.1 Å². The zero-order valence-electron chi connectivity index (χ0n) is 64.6. The first-order valence-corrected chi connectivity index (χ1v) is 42.2. The lowest BCUT2D eigenvalue weighted by Crippen LogP contribution is -2.38. The Hall–Kier alpha value is -10.8. The van der Waals surface area contributed by atoms with Gasteiger partial charge in [0.2, 0.25) is 0 Å². The van der Waals surface area contributed by atoms with Crippen LogP contribution >= 0.6 is 0 Å². The van der Waals surface area contributed by atoms with Gasteiger partial charge in [-0.3, -0.25) is 29.0 Å². The van der Waals surface area contributed by atoms with Crippen LogP contribution in [0.25, 0.3) is 67.8 Å². The van der Waals surface area contributed by atoms with E-state index in [1.54, 1.807) is 83.9 Å². The molecule has 0 unspecified atom stereocenters. The van der Waals surface area contributed by atoms with Gasteiger partial charge in [0.25, 0.3) is 0 Å². The highest BCUT2D eigenvalue weighted by Gasteiger charge is 2.68. The minimum absolute atomic E-state index is 0.00719. The smallest absolute Gasteiger partial charge is 0.151 e. The molecule has 0 amide bonds. The lowest BCUT2D eigenvalue weighted by Gasteiger charge is -2.37. The molecule has 30 heteroatoms. The number of benzene rings is 3. The number of hydrogen-bond acceptors (Lipinski definition) is 19. The van der Waals surface area contributed by atoms with Crippen molar-refractivity contribution in [3.8, 4) is 67.8 Å². The summed E-state index contributed by atoms with van der Waals surface area (Å²) in [5.41, 5.74) is 9.27. The molecule has 114 heavy (non-hydrogen) atoms. The van der Waals surface area contributed by atoms with Crippen LogP contribution in [-0.4, -0.2) is 130 Å². The van der Waals surface area contributed by atoms with E-state index in [9.17, 15) is 43.2 Å². The SMILES string of the molecule is CC1(C)[C@H]2CC[C@]1(c1cncc(-c3ccn(CCS(C)(=O)=O)n3)n1)c1nnc(-c3c(F)cccc3F)cc12.CCS(=O)(=O)CCn1ccc(-c2cncc([C@@]34CC[C@@H](c5cc(-c6c(F)cccc6F)nnc53)C4(C)C)n2)n1.CC[C@H](C)Cn1cc(-c2cncc([C@@]34CC[C@@H](c5cc(-c6c(F)cccc6F)nnc53)C4(C)C)n2)cn1. The van der Waals surface area contributed by atoms with Crippen LogP contribution in [0.15, 0.2) is 147 Å². The predicted molar refractivity (Wildman–Crippen MR) is 415 cm³/mol. The molecule has 0 aliphatic heterocycles. The standard InChI is InChI=1S/C29H30F2N6.C28H28F2N6O2S.C27H26F2N6O2S/c1-5-17(2)15-37-16-18(12-33-37)24-13-32-14-25(34-24)29-10-9-20(28(29,3)4)19-11-23(35-36-27(19)29)26-21(30)7-6-8-22(26)31;1-4-39(37,38)13-12-36-11-9-21(35-36)23-15-31-16-24(32-23)28-10-8-18(27(28,2)3)17-14-22(33-34-26(17)28)25-19(29)6-5-7-20(25)30;1-26(2)17-7-9-27(26,25-16(17)13-21(32-33-25)24-18(28)5-4-6-19(24)29)23-15-30-14-22(31-23)20-8-10-35(34-20)11-12-38(3,36)37/h6-8,11-14,16-17,20H,5,9-10,15H2,1-4H3;5-7,9,11,14-16,18H,4,8,10,12-13H2,1-3H3;4-6,8,10,13-15,17H,7,9,11-12H2,1-3H3/t17-,20-,29-;18-,28-;17-,27-/m000/s1. The Morgan fingerprint density at radius 3 is 1.17 bits per heavy atom. The Bertz CT molecular complexity index is 5980. The number of fused-ring (bicyclic) bond motifs is 15. The molecule has 22 nitrogen and oxygen atoms in total. The number of hydrogen-bond donors (Lipinski definition) is 0. The molecule has 18 rings (SSSR count). The third-order valence-corrected chi connectivity index (χ3v) is 28.3. The molecule has 0 saturated heterocycles. The van der Waals surface area contributed by atoms with Crippen LogP contribution in [0.2, 0.25) is 0 Å². The first kappa shape index (κ1) is 77.2. The molecular formula is C84H84F6N18O4S2. The molecule has 6 aliphatic carbocycles. The van der Waals surface area contributed by atoms with E-state index in [4.69, 9.17) is 15.0 Å². The Morgan fingerprint density at radius 1 is 0.447 bits per heavy atom. The third-order valence-electron chi connectivity index (χ3n) is 25.7. The molecule has 0 spiro atoms. The molecule has 7 atom stereocenters. The van der Waals surface area contributed by atoms with Gasteiger partial charge >= 0.3 is 0 Å². The van der Waals surface area contributed by atoms with Crippen molar-refractivity contribution in [2.75, 3.05) is 23.5 Å². The highest BCUT2D eigenvalue weighted by Crippen LogP contribution is 2.72. The average Bonchev–Trinajstić information content (AvgIpc) is 1.53. The zero-order chi connectivity index (χ0) is 80.4. The molecule has 3 aromatic carbocycles. The number of rotatable bonds is 19. The summed E-state index contributed by atoms with van der Waals surface area (Å²) in [5.74, 6) is -2.94. The molecule has 0 N–H and O–H groups in total. The summed E-state index contributed by atoms with van der Waals surface area (Å²) >= 11 is 0. The van der Waals surface area contributed by atoms with Crippen molar-refractivity contribution in [3.63, 3.8) is 0 Å². The maximum Gasteiger partial charge on any atom is 0.151 e. The van der Waals surface area contributed by atoms with Gasteiger partial charge in [0.1, 0.15) is 67.5 Å². The summed E-state index contributed by atoms with van der Waals surface area (Å²) < 4.78 is 139. The van der Waals surface area contributed by atoms with Gasteiger partial charge < -0.3 is 0 Å². The Balaban J connectivity index is 0.000000129. The van der Waals surface area contributed by atoms with E-state index < -0.39 is 70.8 Å². The van der Waals surface area contributed by atoms with Crippen LogP contribution in [0.3, 0.4) is 0 Å². The molecule has 0 radical (unpaired) electrons. The van der Waals surface area contributed by atoms with E-state index in [1.807, 2.05) is 29.3 Å². The number of halogens is 6. The first-order valence-electron chi connectivity index (χ1n) is 38.3. The number of sulfone groups is 2. The van der Waals surface area contributed by atoms with E-state index in [2.05, 4.69) is 116 Å². The summed E-state index contributed by atoms with van der Waals surface area (Å²) in [7, 11) is -6.22. The molecule has 588 valence electrons. The van der Waals surface area contributed by atoms with Gasteiger partial charge in [-0.15, -0.1) is 15.3 Å². The third kappa shape index (κ3) is 12.7. The lowest BCUT2D eigenvalue weighted by molar-refractivity contribution is 0.242. The average molecular weight is 1590 g/mol. The fourth-order valence-electron chi connectivity index (χ4n) is 19.3. The van der Waals surface area contributed by atoms with Crippen LogP contribution in [0.4, 0.5) is 26.3 Å². The van der Waals surface area contributed by atoms with Crippen molar-refractivity contribution in [2.24, 2.45) is 22.2 Å². The largest absolute Gasteiger partial charge is 0.272 e. The normalized spacial score (nSPS) is 21.7. The predicted octanol–water partition coefficient (Wildman–Crippen LogP) is 15.4. The quantitative estimate of drug-likeness (QED) is 0.0680. The van der Waals surface area contributed by atoms with Gasteiger partial charge in [-0.2, -0.15) is 30.6 Å². The lowest BCUT2D eigenvalue weighted by atomic mass is 9.66. The summed E-state index contributed by atoms with van der Waals surface area (Å²) in [6.07, 6.45) is 25.1. The summed E-state index contributed by atoms with van der Waals surface area (Å²) in [4.78, 5) is 28.6. The molecule has 6 bridgehead atoms. The Labute approximate surface area is 656 Å². The number of nitrogens with zero attached hydrogens (tertiary/aromatic N) is 18. The first-order chi connectivity index (χ1) is 54.3. The van der Waals surface area contributed by atoms with E-state index in [1.165, 1.54) is 60.9 Å². The Kier molecular flexibility index (Phi) is 19.4.